The molecule has 0 bridgehead atoms. The number of pyridine rings is 1. The summed E-state index contributed by atoms with van der Waals surface area (Å²) in [6.07, 6.45) is 3.63. The molecular weight excluding hydrogens is 437 g/mol. The number of nitrogens with zero attached hydrogens (tertiary/aromatic N) is 3. The van der Waals surface area contributed by atoms with Crippen LogP contribution in [-0.4, -0.2) is 21.0 Å². The van der Waals surface area contributed by atoms with Crippen molar-refractivity contribution in [2.24, 2.45) is 0 Å². The molecular formula is C22H15F3N6O2. The van der Waals surface area contributed by atoms with Gasteiger partial charge in [0.25, 0.3) is 0 Å². The number of hydrogen-bond donors (Lipinski definition) is 3. The number of rotatable bonds is 5. The highest BCUT2D eigenvalue weighted by atomic mass is 19.1. The van der Waals surface area contributed by atoms with Gasteiger partial charge in [-0.05, 0) is 35.9 Å². The van der Waals surface area contributed by atoms with Crippen LogP contribution >= 0.6 is 0 Å². The second-order valence-corrected chi connectivity index (χ2v) is 6.70. The van der Waals surface area contributed by atoms with E-state index in [2.05, 4.69) is 25.6 Å². The van der Waals surface area contributed by atoms with Crippen LogP contribution in [-0.2, 0) is 0 Å². The summed E-state index contributed by atoms with van der Waals surface area (Å²) in [5.41, 5.74) is 7.06. The molecule has 0 fully saturated rings. The number of amides is 2. The lowest BCUT2D eigenvalue weighted by Crippen LogP contribution is -2.19. The number of carbonyl (C=O) groups is 1. The normalized spacial score (nSPS) is 10.5. The SMILES string of the molecule is Nc1ncc(F)cc1-c1ccc(Oc2ncc(NC(=O)Nc3cc(F)cc(F)c3)cn2)cc1. The number of nitrogens with one attached hydrogen (secondary N) is 2. The molecule has 2 heterocycles. The molecule has 0 radical (unpaired) electrons. The number of halogens is 3. The van der Waals surface area contributed by atoms with E-state index in [0.717, 1.165) is 18.3 Å². The van der Waals surface area contributed by atoms with Crippen LogP contribution in [0.4, 0.5) is 35.2 Å². The predicted molar refractivity (Wildman–Crippen MR) is 115 cm³/mol. The van der Waals surface area contributed by atoms with Gasteiger partial charge in [-0.15, -0.1) is 0 Å². The van der Waals surface area contributed by atoms with Gasteiger partial charge in [0.05, 0.1) is 24.3 Å². The number of nitrogen functional groups attached to an aromatic ring is 1. The van der Waals surface area contributed by atoms with Gasteiger partial charge in [0.2, 0.25) is 0 Å². The summed E-state index contributed by atoms with van der Waals surface area (Å²) < 4.78 is 45.4. The van der Waals surface area contributed by atoms with E-state index in [1.54, 1.807) is 24.3 Å². The zero-order valence-corrected chi connectivity index (χ0v) is 16.7. The molecule has 2 aromatic heterocycles. The fourth-order valence-electron chi connectivity index (χ4n) is 2.84. The van der Waals surface area contributed by atoms with E-state index >= 15 is 0 Å². The maximum absolute atomic E-state index is 13.4. The first-order chi connectivity index (χ1) is 15.9. The molecule has 0 saturated carbocycles. The van der Waals surface area contributed by atoms with Crippen LogP contribution in [0.5, 0.6) is 11.8 Å². The number of carbonyl (C=O) groups excluding carboxylic acids is 1. The minimum atomic E-state index is -0.820. The Balaban J connectivity index is 1.37. The number of nitrogens with two attached hydrogens (primary N) is 1. The van der Waals surface area contributed by atoms with Crippen LogP contribution in [0.15, 0.2) is 67.1 Å². The number of ether oxygens (including phenoxy) is 1. The third-order valence-electron chi connectivity index (χ3n) is 4.27. The molecule has 166 valence electrons. The van der Waals surface area contributed by atoms with Gasteiger partial charge in [-0.3, -0.25) is 0 Å². The first kappa shape index (κ1) is 21.6. The lowest BCUT2D eigenvalue weighted by molar-refractivity contribution is 0.262. The molecule has 0 unspecified atom stereocenters. The van der Waals surface area contributed by atoms with Crippen molar-refractivity contribution in [1.29, 1.82) is 0 Å². The van der Waals surface area contributed by atoms with Crippen LogP contribution < -0.4 is 21.1 Å². The number of anilines is 3. The van der Waals surface area contributed by atoms with Crippen molar-refractivity contribution in [3.8, 4) is 22.9 Å². The van der Waals surface area contributed by atoms with Crippen LogP contribution in [0.3, 0.4) is 0 Å². The first-order valence-corrected chi connectivity index (χ1v) is 9.41. The summed E-state index contributed by atoms with van der Waals surface area (Å²) in [7, 11) is 0. The molecule has 4 aromatic rings. The molecule has 0 atom stereocenters. The van der Waals surface area contributed by atoms with Crippen molar-refractivity contribution < 1.29 is 22.7 Å². The number of benzene rings is 2. The molecule has 4 N–H and O–H groups in total. The Kier molecular flexibility index (Phi) is 6.02. The topological polar surface area (TPSA) is 115 Å². The van der Waals surface area contributed by atoms with Gasteiger partial charge in [0.15, 0.2) is 0 Å². The lowest BCUT2D eigenvalue weighted by Gasteiger charge is -2.09. The first-order valence-electron chi connectivity index (χ1n) is 9.41. The zero-order chi connectivity index (χ0) is 23.4. The van der Waals surface area contributed by atoms with Crippen molar-refractivity contribution in [1.82, 2.24) is 15.0 Å². The van der Waals surface area contributed by atoms with Crippen molar-refractivity contribution >= 4 is 23.2 Å². The molecule has 0 aliphatic carbocycles. The molecule has 4 rings (SSSR count). The van der Waals surface area contributed by atoms with Gasteiger partial charge in [-0.25, -0.2) is 32.9 Å². The summed E-state index contributed by atoms with van der Waals surface area (Å²) in [6, 6.07) is 9.80. The van der Waals surface area contributed by atoms with E-state index in [1.807, 2.05) is 0 Å². The van der Waals surface area contributed by atoms with Crippen molar-refractivity contribution in [2.45, 2.75) is 0 Å². The number of aromatic nitrogens is 3. The van der Waals surface area contributed by atoms with E-state index in [1.165, 1.54) is 18.5 Å². The van der Waals surface area contributed by atoms with Gasteiger partial charge in [0, 0.05) is 17.3 Å². The maximum Gasteiger partial charge on any atom is 0.323 e. The van der Waals surface area contributed by atoms with E-state index in [4.69, 9.17) is 10.5 Å². The van der Waals surface area contributed by atoms with Crippen LogP contribution in [0, 0.1) is 17.5 Å². The molecule has 33 heavy (non-hydrogen) atoms. The van der Waals surface area contributed by atoms with Gasteiger partial charge in [-0.1, -0.05) is 12.1 Å². The average molecular weight is 452 g/mol. The molecule has 0 spiro atoms. The molecule has 8 nitrogen and oxygen atoms in total. The van der Waals surface area contributed by atoms with Gasteiger partial charge in [-0.2, -0.15) is 0 Å². The second-order valence-electron chi connectivity index (χ2n) is 6.70. The van der Waals surface area contributed by atoms with E-state index in [0.29, 0.717) is 22.9 Å². The Morgan fingerprint density at radius 2 is 1.42 bits per heavy atom. The highest BCUT2D eigenvalue weighted by Gasteiger charge is 2.09. The molecule has 11 heteroatoms. The third-order valence-corrected chi connectivity index (χ3v) is 4.27. The minimum absolute atomic E-state index is 0.00726. The second kappa shape index (κ2) is 9.22. The monoisotopic (exact) mass is 452 g/mol. The Bertz CT molecular complexity index is 1280. The number of hydrogen-bond acceptors (Lipinski definition) is 6. The third kappa shape index (κ3) is 5.53. The van der Waals surface area contributed by atoms with Crippen molar-refractivity contribution in [3.05, 3.63) is 84.6 Å². The van der Waals surface area contributed by atoms with Crippen molar-refractivity contribution in [3.63, 3.8) is 0 Å². The summed E-state index contributed by atoms with van der Waals surface area (Å²) in [5.74, 6) is -1.53. The largest absolute Gasteiger partial charge is 0.424 e. The molecule has 0 aliphatic rings. The highest BCUT2D eigenvalue weighted by molar-refractivity contribution is 5.99. The molecule has 0 saturated heterocycles. The molecule has 2 aromatic carbocycles. The Labute approximate surface area is 185 Å². The smallest absolute Gasteiger partial charge is 0.323 e. The number of urea groups is 1. The van der Waals surface area contributed by atoms with Crippen LogP contribution in [0.2, 0.25) is 0 Å². The van der Waals surface area contributed by atoms with E-state index in [9.17, 15) is 18.0 Å². The van der Waals surface area contributed by atoms with Gasteiger partial charge >= 0.3 is 12.0 Å². The summed E-state index contributed by atoms with van der Waals surface area (Å²) in [6.45, 7) is 0. The summed E-state index contributed by atoms with van der Waals surface area (Å²) in [4.78, 5) is 23.8. The zero-order valence-electron chi connectivity index (χ0n) is 16.7. The Morgan fingerprint density at radius 1 is 0.788 bits per heavy atom. The van der Waals surface area contributed by atoms with Crippen LogP contribution in [0.25, 0.3) is 11.1 Å². The summed E-state index contributed by atoms with van der Waals surface area (Å²) >= 11 is 0. The van der Waals surface area contributed by atoms with E-state index in [-0.39, 0.29) is 23.2 Å². The minimum Gasteiger partial charge on any atom is -0.424 e. The average Bonchev–Trinajstić information content (AvgIpc) is 2.76. The fourth-order valence-corrected chi connectivity index (χ4v) is 2.84. The quantitative estimate of drug-likeness (QED) is 0.394. The van der Waals surface area contributed by atoms with Crippen LogP contribution in [0.1, 0.15) is 0 Å². The standard InChI is InChI=1S/C22H15F3N6O2/c23-13-5-14(24)7-16(6-13)30-21(32)31-17-10-28-22(29-11-17)33-18-3-1-12(2-4-18)19-8-15(25)9-27-20(19)26/h1-11H,(H2,26,27)(H2,30,31,32). The maximum atomic E-state index is 13.4. The highest BCUT2D eigenvalue weighted by Crippen LogP contribution is 2.28. The Morgan fingerprint density at radius 3 is 2.09 bits per heavy atom. The van der Waals surface area contributed by atoms with E-state index < -0.39 is 23.5 Å². The Hall–Kier alpha value is -4.67. The molecule has 0 aliphatic heterocycles. The van der Waals surface area contributed by atoms with Crippen molar-refractivity contribution in [2.75, 3.05) is 16.4 Å². The lowest BCUT2D eigenvalue weighted by atomic mass is 10.1. The van der Waals surface area contributed by atoms with Gasteiger partial charge < -0.3 is 21.1 Å². The van der Waals surface area contributed by atoms with Gasteiger partial charge in [0.1, 0.15) is 29.0 Å². The predicted octanol–water partition coefficient (Wildman–Crippen LogP) is 4.97. The fraction of sp³-hybridized carbons (Fsp3) is 0. The summed E-state index contributed by atoms with van der Waals surface area (Å²) in [5, 5.41) is 4.73. The molecule has 2 amide bonds.